The summed E-state index contributed by atoms with van der Waals surface area (Å²) in [6.07, 6.45) is 1.46. The highest BCUT2D eigenvalue weighted by atomic mass is 16.3. The molecule has 0 aliphatic heterocycles. The molecule has 2 N–H and O–H groups in total. The van der Waals surface area contributed by atoms with Gasteiger partial charge in [-0.25, -0.2) is 5.43 Å². The van der Waals surface area contributed by atoms with Crippen molar-refractivity contribution in [1.82, 2.24) is 5.43 Å². The maximum atomic E-state index is 11.2. The number of phenolic OH excluding ortho intramolecular Hbond substituents is 1. The van der Waals surface area contributed by atoms with E-state index in [1.165, 1.54) is 18.3 Å². The Bertz CT molecular complexity index is 334. The fraction of sp³-hybridized carbons (Fsp3) is 0.111. The summed E-state index contributed by atoms with van der Waals surface area (Å²) in [6, 6.07) is 6.29. The lowest BCUT2D eigenvalue weighted by molar-refractivity contribution is 0.0952. The van der Waals surface area contributed by atoms with Gasteiger partial charge in [-0.2, -0.15) is 5.10 Å². The van der Waals surface area contributed by atoms with E-state index < -0.39 is 5.91 Å². The Morgan fingerprint density at radius 1 is 1.54 bits per heavy atom. The first kappa shape index (κ1) is 9.25. The molecule has 0 heterocycles. The fourth-order valence-electron chi connectivity index (χ4n) is 0.849. The number of hydrogen-bond donors (Lipinski definition) is 2. The molecule has 1 aromatic rings. The summed E-state index contributed by atoms with van der Waals surface area (Å²) in [5.41, 5.74) is 2.48. The first-order valence-electron chi connectivity index (χ1n) is 3.81. The number of carbonyl (C=O) groups is 1. The third-order valence-corrected chi connectivity index (χ3v) is 1.44. The molecule has 0 aliphatic rings. The molecule has 0 radical (unpaired) electrons. The molecule has 0 aliphatic carbocycles. The number of hydrazone groups is 1. The van der Waals surface area contributed by atoms with Crippen molar-refractivity contribution in [1.29, 1.82) is 0 Å². The number of nitrogens with one attached hydrogen (secondary N) is 1. The van der Waals surface area contributed by atoms with Crippen molar-refractivity contribution in [2.24, 2.45) is 5.10 Å². The lowest BCUT2D eigenvalue weighted by atomic mass is 10.2. The van der Waals surface area contributed by atoms with Gasteiger partial charge in [0.05, 0.1) is 5.56 Å². The summed E-state index contributed by atoms with van der Waals surface area (Å²) in [7, 11) is 0. The molecular weight excluding hydrogens is 168 g/mol. The average Bonchev–Trinajstić information content (AvgIpc) is 2.15. The van der Waals surface area contributed by atoms with E-state index in [4.69, 9.17) is 0 Å². The van der Waals surface area contributed by atoms with Crippen molar-refractivity contribution in [2.45, 2.75) is 6.92 Å². The van der Waals surface area contributed by atoms with Crippen LogP contribution in [0.4, 0.5) is 0 Å². The molecule has 4 nitrogen and oxygen atoms in total. The molecule has 0 saturated carbocycles. The van der Waals surface area contributed by atoms with Gasteiger partial charge in [0.15, 0.2) is 0 Å². The smallest absolute Gasteiger partial charge is 0.275 e. The van der Waals surface area contributed by atoms with Crippen molar-refractivity contribution in [3.63, 3.8) is 0 Å². The maximum Gasteiger partial charge on any atom is 0.275 e. The van der Waals surface area contributed by atoms with Crippen molar-refractivity contribution >= 4 is 12.1 Å². The van der Waals surface area contributed by atoms with Gasteiger partial charge in [0, 0.05) is 6.21 Å². The van der Waals surface area contributed by atoms with E-state index in [0.29, 0.717) is 0 Å². The van der Waals surface area contributed by atoms with Gasteiger partial charge in [-0.05, 0) is 19.1 Å². The number of para-hydroxylation sites is 1. The molecule has 0 aromatic heterocycles. The lowest BCUT2D eigenvalue weighted by Gasteiger charge is -2.00. The molecule has 4 heteroatoms. The number of nitrogens with zero attached hydrogens (tertiary/aromatic N) is 1. The molecule has 0 saturated heterocycles. The molecule has 68 valence electrons. The SMILES string of the molecule is C/C=N/NC(=O)c1ccccc1O. The maximum absolute atomic E-state index is 11.2. The van der Waals surface area contributed by atoms with E-state index >= 15 is 0 Å². The summed E-state index contributed by atoms with van der Waals surface area (Å²) in [4.78, 5) is 11.2. The van der Waals surface area contributed by atoms with Crippen LogP contribution in [-0.4, -0.2) is 17.2 Å². The zero-order valence-electron chi connectivity index (χ0n) is 7.19. The van der Waals surface area contributed by atoms with E-state index in [1.54, 1.807) is 19.1 Å². The first-order chi connectivity index (χ1) is 6.25. The fourth-order valence-corrected chi connectivity index (χ4v) is 0.849. The number of benzene rings is 1. The summed E-state index contributed by atoms with van der Waals surface area (Å²) in [6.45, 7) is 1.69. The van der Waals surface area contributed by atoms with Crippen LogP contribution in [0.15, 0.2) is 29.4 Å². The Morgan fingerprint density at radius 3 is 2.85 bits per heavy atom. The molecule has 13 heavy (non-hydrogen) atoms. The second-order valence-electron chi connectivity index (χ2n) is 2.35. The van der Waals surface area contributed by atoms with Crippen LogP contribution in [0.2, 0.25) is 0 Å². The molecule has 1 amide bonds. The van der Waals surface area contributed by atoms with Crippen LogP contribution < -0.4 is 5.43 Å². The van der Waals surface area contributed by atoms with Gasteiger partial charge in [-0.3, -0.25) is 4.79 Å². The van der Waals surface area contributed by atoms with E-state index in [9.17, 15) is 9.90 Å². The second-order valence-corrected chi connectivity index (χ2v) is 2.35. The van der Waals surface area contributed by atoms with Crippen LogP contribution in [-0.2, 0) is 0 Å². The third kappa shape index (κ3) is 2.30. The van der Waals surface area contributed by atoms with Crippen LogP contribution in [0.1, 0.15) is 17.3 Å². The number of rotatable bonds is 2. The molecule has 0 spiro atoms. The van der Waals surface area contributed by atoms with E-state index in [1.807, 2.05) is 0 Å². The monoisotopic (exact) mass is 178 g/mol. The summed E-state index contributed by atoms with van der Waals surface area (Å²) < 4.78 is 0. The van der Waals surface area contributed by atoms with Crippen molar-refractivity contribution in [3.8, 4) is 5.75 Å². The number of amides is 1. The Hall–Kier alpha value is -1.84. The molecular formula is C9H10N2O2. The Morgan fingerprint density at radius 2 is 2.23 bits per heavy atom. The van der Waals surface area contributed by atoms with Crippen LogP contribution in [0, 0.1) is 0 Å². The van der Waals surface area contributed by atoms with Gasteiger partial charge < -0.3 is 5.11 Å². The Kier molecular flexibility index (Phi) is 3.03. The van der Waals surface area contributed by atoms with E-state index in [0.717, 1.165) is 0 Å². The lowest BCUT2D eigenvalue weighted by Crippen LogP contribution is -2.17. The Labute approximate surface area is 75.9 Å². The largest absolute Gasteiger partial charge is 0.507 e. The second kappa shape index (κ2) is 4.25. The van der Waals surface area contributed by atoms with E-state index in [2.05, 4.69) is 10.5 Å². The minimum absolute atomic E-state index is 0.0497. The van der Waals surface area contributed by atoms with Crippen LogP contribution in [0.25, 0.3) is 0 Å². The summed E-state index contributed by atoms with van der Waals surface area (Å²) in [5, 5.41) is 12.8. The van der Waals surface area contributed by atoms with Gasteiger partial charge in [-0.15, -0.1) is 0 Å². The quantitative estimate of drug-likeness (QED) is 0.526. The zero-order valence-corrected chi connectivity index (χ0v) is 7.19. The highest BCUT2D eigenvalue weighted by Crippen LogP contribution is 2.14. The van der Waals surface area contributed by atoms with Crippen molar-refractivity contribution < 1.29 is 9.90 Å². The topological polar surface area (TPSA) is 61.7 Å². The number of phenols is 1. The molecule has 0 bridgehead atoms. The molecule has 0 atom stereocenters. The van der Waals surface area contributed by atoms with Crippen LogP contribution >= 0.6 is 0 Å². The minimum atomic E-state index is -0.420. The van der Waals surface area contributed by atoms with Gasteiger partial charge in [-0.1, -0.05) is 12.1 Å². The van der Waals surface area contributed by atoms with Crippen molar-refractivity contribution in [2.75, 3.05) is 0 Å². The average molecular weight is 178 g/mol. The van der Waals surface area contributed by atoms with Crippen LogP contribution in [0.3, 0.4) is 0 Å². The zero-order chi connectivity index (χ0) is 9.68. The molecule has 1 aromatic carbocycles. The van der Waals surface area contributed by atoms with Gasteiger partial charge in [0.1, 0.15) is 5.75 Å². The molecule has 1 rings (SSSR count). The highest BCUT2D eigenvalue weighted by Gasteiger charge is 2.07. The summed E-state index contributed by atoms with van der Waals surface area (Å²) in [5.74, 6) is -0.470. The normalized spacial score (nSPS) is 10.2. The van der Waals surface area contributed by atoms with Gasteiger partial charge in [0.2, 0.25) is 0 Å². The predicted molar refractivity (Wildman–Crippen MR) is 49.7 cm³/mol. The summed E-state index contributed by atoms with van der Waals surface area (Å²) >= 11 is 0. The first-order valence-corrected chi connectivity index (χ1v) is 3.81. The van der Waals surface area contributed by atoms with Crippen molar-refractivity contribution in [3.05, 3.63) is 29.8 Å². The number of hydrogen-bond acceptors (Lipinski definition) is 3. The Balaban J connectivity index is 2.83. The number of carbonyl (C=O) groups excluding carboxylic acids is 1. The molecule has 0 unspecified atom stereocenters. The minimum Gasteiger partial charge on any atom is -0.507 e. The van der Waals surface area contributed by atoms with E-state index in [-0.39, 0.29) is 11.3 Å². The predicted octanol–water partition coefficient (Wildman–Crippen LogP) is 1.13. The van der Waals surface area contributed by atoms with Gasteiger partial charge in [0.25, 0.3) is 5.91 Å². The number of aromatic hydroxyl groups is 1. The van der Waals surface area contributed by atoms with Gasteiger partial charge >= 0.3 is 0 Å². The molecule has 0 fully saturated rings. The van der Waals surface area contributed by atoms with Crippen LogP contribution in [0.5, 0.6) is 5.75 Å². The highest BCUT2D eigenvalue weighted by molar-refractivity contribution is 5.96. The third-order valence-electron chi connectivity index (χ3n) is 1.44. The standard InChI is InChI=1S/C9H10N2O2/c1-2-10-11-9(13)7-5-3-4-6-8(7)12/h2-6,12H,1H3,(H,11,13)/b10-2+.